The van der Waals surface area contributed by atoms with Gasteiger partial charge in [-0.05, 0) is 48.5 Å². The first-order valence-electron chi connectivity index (χ1n) is 9.23. The number of nitrogens with one attached hydrogen (secondary N) is 2. The zero-order valence-electron chi connectivity index (χ0n) is 15.4. The second kappa shape index (κ2) is 8.86. The fourth-order valence-corrected chi connectivity index (χ4v) is 2.96. The minimum Gasteiger partial charge on any atom is -0.262 e. The van der Waals surface area contributed by atoms with E-state index in [1.807, 2.05) is 82.8 Å². The van der Waals surface area contributed by atoms with E-state index in [2.05, 4.69) is 59.6 Å². The summed E-state index contributed by atoms with van der Waals surface area (Å²) in [5.41, 5.74) is 10.8. The molecule has 0 fully saturated rings. The Morgan fingerprint density at radius 3 is 0.750 bits per heavy atom. The molecule has 0 aliphatic rings. The van der Waals surface area contributed by atoms with E-state index >= 15 is 0 Å². The highest BCUT2D eigenvalue weighted by Crippen LogP contribution is 2.24. The normalized spacial score (nSPS) is 10.4. The van der Waals surface area contributed by atoms with E-state index in [4.69, 9.17) is 0 Å². The lowest BCUT2D eigenvalue weighted by Crippen LogP contribution is -2.51. The van der Waals surface area contributed by atoms with Gasteiger partial charge in [-0.1, -0.05) is 72.8 Å². The summed E-state index contributed by atoms with van der Waals surface area (Å²) in [5, 5.41) is 4.03. The van der Waals surface area contributed by atoms with Crippen LogP contribution in [0.15, 0.2) is 121 Å². The fraction of sp³-hybridized carbons (Fsp3) is 0. The SMILES string of the molecule is c1ccc(N(NNN(c2ccccc2)c2ccccc2)c2ccccc2)cc1. The Balaban J connectivity index is 1.64. The lowest BCUT2D eigenvalue weighted by atomic mass is 10.2. The van der Waals surface area contributed by atoms with Gasteiger partial charge in [0, 0.05) is 0 Å². The second-order valence-corrected chi connectivity index (χ2v) is 6.24. The molecule has 0 aliphatic heterocycles. The summed E-state index contributed by atoms with van der Waals surface area (Å²) in [5.74, 6) is 0. The molecule has 0 unspecified atom stereocenters. The molecular weight excluding hydrogens is 344 g/mol. The molecule has 0 amide bonds. The Morgan fingerprint density at radius 1 is 0.321 bits per heavy atom. The molecule has 4 rings (SSSR count). The molecule has 0 saturated carbocycles. The van der Waals surface area contributed by atoms with Crippen LogP contribution >= 0.6 is 0 Å². The molecule has 0 atom stereocenters. The summed E-state index contributed by atoms with van der Waals surface area (Å²) in [6.07, 6.45) is 0. The minimum atomic E-state index is 1.03. The Labute approximate surface area is 165 Å². The monoisotopic (exact) mass is 366 g/mol. The van der Waals surface area contributed by atoms with Gasteiger partial charge < -0.3 is 0 Å². The standard InChI is InChI=1S/C24H22N4/c1-5-13-21(14-6-1)27(22-15-7-2-8-16-22)25-26-28(23-17-9-3-10-18-23)24-19-11-4-12-20-24/h1-20,25-26H. The molecule has 4 aromatic carbocycles. The molecule has 0 aromatic heterocycles. The summed E-state index contributed by atoms with van der Waals surface area (Å²) >= 11 is 0. The Kier molecular flexibility index (Phi) is 5.63. The van der Waals surface area contributed by atoms with Crippen LogP contribution in [0.5, 0.6) is 0 Å². The molecule has 0 radical (unpaired) electrons. The van der Waals surface area contributed by atoms with E-state index in [1.54, 1.807) is 0 Å². The van der Waals surface area contributed by atoms with Gasteiger partial charge in [0.2, 0.25) is 0 Å². The van der Waals surface area contributed by atoms with Crippen LogP contribution in [0.1, 0.15) is 0 Å². The predicted molar refractivity (Wildman–Crippen MR) is 116 cm³/mol. The lowest BCUT2D eigenvalue weighted by Gasteiger charge is -2.32. The van der Waals surface area contributed by atoms with Crippen molar-refractivity contribution in [1.82, 2.24) is 11.1 Å². The summed E-state index contributed by atoms with van der Waals surface area (Å²) in [6, 6.07) is 40.8. The molecule has 0 bridgehead atoms. The quantitative estimate of drug-likeness (QED) is 0.418. The smallest absolute Gasteiger partial charge is 0.0592 e. The van der Waals surface area contributed by atoms with Gasteiger partial charge in [0.15, 0.2) is 0 Å². The molecule has 4 aromatic rings. The van der Waals surface area contributed by atoms with Gasteiger partial charge >= 0.3 is 0 Å². The van der Waals surface area contributed by atoms with Crippen LogP contribution in [0.2, 0.25) is 0 Å². The van der Waals surface area contributed by atoms with Crippen molar-refractivity contribution in [2.75, 3.05) is 10.0 Å². The number of rotatable bonds is 7. The van der Waals surface area contributed by atoms with Crippen molar-refractivity contribution in [2.24, 2.45) is 0 Å². The zero-order valence-corrected chi connectivity index (χ0v) is 15.4. The number of benzene rings is 4. The fourth-order valence-electron chi connectivity index (χ4n) is 2.96. The largest absolute Gasteiger partial charge is 0.262 e. The number of para-hydroxylation sites is 4. The Bertz CT molecular complexity index is 798. The van der Waals surface area contributed by atoms with E-state index in [-0.39, 0.29) is 0 Å². The topological polar surface area (TPSA) is 30.5 Å². The summed E-state index contributed by atoms with van der Waals surface area (Å²) in [6.45, 7) is 0. The van der Waals surface area contributed by atoms with E-state index in [9.17, 15) is 0 Å². The third-order valence-electron chi connectivity index (χ3n) is 4.33. The van der Waals surface area contributed by atoms with E-state index in [0.29, 0.717) is 0 Å². The van der Waals surface area contributed by atoms with E-state index in [1.165, 1.54) is 0 Å². The van der Waals surface area contributed by atoms with Gasteiger partial charge in [-0.2, -0.15) is 0 Å². The minimum absolute atomic E-state index is 1.03. The van der Waals surface area contributed by atoms with Crippen molar-refractivity contribution in [3.63, 3.8) is 0 Å². The molecule has 138 valence electrons. The molecule has 0 heterocycles. The zero-order chi connectivity index (χ0) is 19.0. The van der Waals surface area contributed by atoms with Crippen molar-refractivity contribution in [1.29, 1.82) is 0 Å². The first-order chi connectivity index (χ1) is 13.9. The average molecular weight is 366 g/mol. The van der Waals surface area contributed by atoms with Crippen LogP contribution in [-0.2, 0) is 0 Å². The van der Waals surface area contributed by atoms with Crippen molar-refractivity contribution < 1.29 is 0 Å². The lowest BCUT2D eigenvalue weighted by molar-refractivity contribution is 0.549. The highest BCUT2D eigenvalue weighted by Gasteiger charge is 2.12. The number of hydrazine groups is 3. The summed E-state index contributed by atoms with van der Waals surface area (Å²) in [7, 11) is 0. The third-order valence-corrected chi connectivity index (χ3v) is 4.33. The molecular formula is C24H22N4. The maximum absolute atomic E-state index is 3.36. The van der Waals surface area contributed by atoms with Gasteiger partial charge in [0.25, 0.3) is 0 Å². The molecule has 28 heavy (non-hydrogen) atoms. The number of anilines is 4. The van der Waals surface area contributed by atoms with Gasteiger partial charge in [-0.3, -0.25) is 10.0 Å². The Morgan fingerprint density at radius 2 is 0.536 bits per heavy atom. The molecule has 0 aliphatic carbocycles. The van der Waals surface area contributed by atoms with Crippen LogP contribution in [0, 0.1) is 0 Å². The summed E-state index contributed by atoms with van der Waals surface area (Å²) < 4.78 is 0. The van der Waals surface area contributed by atoms with Gasteiger partial charge in [0.1, 0.15) is 0 Å². The van der Waals surface area contributed by atoms with Gasteiger partial charge in [0.05, 0.1) is 22.7 Å². The molecule has 0 saturated heterocycles. The third kappa shape index (κ3) is 4.20. The predicted octanol–water partition coefficient (Wildman–Crippen LogP) is 5.59. The van der Waals surface area contributed by atoms with Crippen molar-refractivity contribution in [3.05, 3.63) is 121 Å². The number of nitrogens with zero attached hydrogens (tertiary/aromatic N) is 2. The Hall–Kier alpha value is -3.60. The van der Waals surface area contributed by atoms with Gasteiger partial charge in [-0.15, -0.1) is 11.1 Å². The van der Waals surface area contributed by atoms with E-state index < -0.39 is 0 Å². The first kappa shape index (κ1) is 17.8. The molecule has 4 heteroatoms. The first-order valence-corrected chi connectivity index (χ1v) is 9.23. The van der Waals surface area contributed by atoms with E-state index in [0.717, 1.165) is 22.7 Å². The highest BCUT2D eigenvalue weighted by atomic mass is 15.8. The van der Waals surface area contributed by atoms with Crippen molar-refractivity contribution in [2.45, 2.75) is 0 Å². The van der Waals surface area contributed by atoms with Crippen LogP contribution in [-0.4, -0.2) is 0 Å². The number of hydrogen-bond acceptors (Lipinski definition) is 4. The summed E-state index contributed by atoms with van der Waals surface area (Å²) in [4.78, 5) is 0. The van der Waals surface area contributed by atoms with Crippen LogP contribution in [0.4, 0.5) is 22.7 Å². The van der Waals surface area contributed by atoms with Crippen LogP contribution in [0.25, 0.3) is 0 Å². The van der Waals surface area contributed by atoms with Gasteiger partial charge in [-0.25, -0.2) is 0 Å². The molecule has 0 spiro atoms. The molecule has 2 N–H and O–H groups in total. The van der Waals surface area contributed by atoms with Crippen molar-refractivity contribution >= 4 is 22.7 Å². The van der Waals surface area contributed by atoms with Crippen LogP contribution < -0.4 is 21.1 Å². The van der Waals surface area contributed by atoms with Crippen LogP contribution in [0.3, 0.4) is 0 Å². The average Bonchev–Trinajstić information content (AvgIpc) is 2.79. The highest BCUT2D eigenvalue weighted by molar-refractivity contribution is 5.63. The van der Waals surface area contributed by atoms with Crippen molar-refractivity contribution in [3.8, 4) is 0 Å². The number of hydrogen-bond donors (Lipinski definition) is 2. The molecule has 4 nitrogen and oxygen atoms in total. The maximum atomic E-state index is 3.36. The second-order valence-electron chi connectivity index (χ2n) is 6.24. The maximum Gasteiger partial charge on any atom is 0.0592 e.